The highest BCUT2D eigenvalue weighted by atomic mass is 14.8. The Balaban J connectivity index is 2.13. The van der Waals surface area contributed by atoms with Crippen molar-refractivity contribution in [3.63, 3.8) is 0 Å². The van der Waals surface area contributed by atoms with E-state index in [9.17, 15) is 0 Å². The molecule has 3 rings (SSSR count). The maximum atomic E-state index is 4.75. The highest BCUT2D eigenvalue weighted by Gasteiger charge is 2.09. The normalized spacial score (nSPS) is 11.6. The average Bonchev–Trinajstić information content (AvgIpc) is 2.69. The van der Waals surface area contributed by atoms with Gasteiger partial charge in [-0.3, -0.25) is 9.98 Å². The summed E-state index contributed by atoms with van der Waals surface area (Å²) in [7, 11) is 0. The molecule has 0 fully saturated rings. The maximum Gasteiger partial charge on any atom is 0.0900 e. The van der Waals surface area contributed by atoms with Crippen LogP contribution in [0.1, 0.15) is 12.6 Å². The molecule has 0 spiro atoms. The molecule has 0 atom stereocenters. The van der Waals surface area contributed by atoms with Gasteiger partial charge in [-0.15, -0.1) is 0 Å². The monoisotopic (exact) mass is 325 g/mol. The molecule has 2 aromatic heterocycles. The summed E-state index contributed by atoms with van der Waals surface area (Å²) in [4.78, 5) is 13.6. The lowest BCUT2D eigenvalue weighted by molar-refractivity contribution is 1.23. The smallest absolute Gasteiger partial charge is 0.0900 e. The van der Waals surface area contributed by atoms with E-state index in [4.69, 9.17) is 4.98 Å². The Morgan fingerprint density at radius 2 is 1.76 bits per heavy atom. The van der Waals surface area contributed by atoms with E-state index in [0.717, 1.165) is 33.9 Å². The molecule has 0 aliphatic heterocycles. The molecule has 3 heteroatoms. The molecule has 3 nitrogen and oxygen atoms in total. The van der Waals surface area contributed by atoms with Crippen LogP contribution < -0.4 is 0 Å². The van der Waals surface area contributed by atoms with E-state index in [1.54, 1.807) is 24.5 Å². The SMILES string of the molecule is C=C/C=C\N=C(C)c1cc(-c2ccccc2)cc(-c2ccccn2)n1. The van der Waals surface area contributed by atoms with Crippen LogP contribution in [0, 0.1) is 0 Å². The molecular formula is C22H19N3. The van der Waals surface area contributed by atoms with E-state index in [2.05, 4.69) is 40.8 Å². The van der Waals surface area contributed by atoms with Gasteiger partial charge in [-0.2, -0.15) is 0 Å². The number of nitrogens with zero attached hydrogens (tertiary/aromatic N) is 3. The van der Waals surface area contributed by atoms with Gasteiger partial charge in [0.15, 0.2) is 0 Å². The van der Waals surface area contributed by atoms with Crippen molar-refractivity contribution < 1.29 is 0 Å². The standard InChI is InChI=1S/C22H19N3/c1-3-4-13-23-17(2)21-15-19(18-10-6-5-7-11-18)16-22(25-21)20-12-8-9-14-24-20/h3-16H,1H2,2H3/b13-4-,23-17?. The number of rotatable bonds is 5. The summed E-state index contributed by atoms with van der Waals surface area (Å²) in [5.41, 5.74) is 5.57. The molecule has 3 aromatic rings. The first kappa shape index (κ1) is 16.5. The van der Waals surface area contributed by atoms with Crippen molar-refractivity contribution in [1.82, 2.24) is 9.97 Å². The Labute approximate surface area is 148 Å². The summed E-state index contributed by atoms with van der Waals surface area (Å²) >= 11 is 0. The van der Waals surface area contributed by atoms with Crippen molar-refractivity contribution in [2.75, 3.05) is 0 Å². The van der Waals surface area contributed by atoms with Gasteiger partial charge < -0.3 is 0 Å². The molecular weight excluding hydrogens is 306 g/mol. The second-order valence-corrected chi connectivity index (χ2v) is 5.50. The third-order valence-electron chi connectivity index (χ3n) is 3.72. The zero-order chi connectivity index (χ0) is 17.5. The summed E-state index contributed by atoms with van der Waals surface area (Å²) in [6, 6.07) is 20.2. The Morgan fingerprint density at radius 3 is 2.48 bits per heavy atom. The predicted octanol–water partition coefficient (Wildman–Crippen LogP) is 5.32. The van der Waals surface area contributed by atoms with Crippen LogP contribution in [0.4, 0.5) is 0 Å². The molecule has 0 saturated heterocycles. The highest BCUT2D eigenvalue weighted by Crippen LogP contribution is 2.25. The molecule has 0 saturated carbocycles. The molecule has 0 amide bonds. The van der Waals surface area contributed by atoms with E-state index >= 15 is 0 Å². The lowest BCUT2D eigenvalue weighted by Crippen LogP contribution is -2.01. The van der Waals surface area contributed by atoms with E-state index in [1.165, 1.54) is 0 Å². The number of aliphatic imine (C=N–C) groups is 1. The van der Waals surface area contributed by atoms with Crippen LogP contribution in [-0.4, -0.2) is 15.7 Å². The predicted molar refractivity (Wildman–Crippen MR) is 104 cm³/mol. The van der Waals surface area contributed by atoms with Crippen LogP contribution >= 0.6 is 0 Å². The fourth-order valence-corrected chi connectivity index (χ4v) is 2.44. The Hall–Kier alpha value is -3.33. The van der Waals surface area contributed by atoms with Crippen LogP contribution in [0.2, 0.25) is 0 Å². The molecule has 0 bridgehead atoms. The van der Waals surface area contributed by atoms with E-state index < -0.39 is 0 Å². The van der Waals surface area contributed by atoms with Gasteiger partial charge in [-0.1, -0.05) is 49.1 Å². The number of hydrogen-bond acceptors (Lipinski definition) is 3. The Kier molecular flexibility index (Phi) is 5.27. The topological polar surface area (TPSA) is 38.1 Å². The second-order valence-electron chi connectivity index (χ2n) is 5.50. The fraction of sp³-hybridized carbons (Fsp3) is 0.0455. The van der Waals surface area contributed by atoms with Gasteiger partial charge in [0.2, 0.25) is 0 Å². The molecule has 0 aliphatic rings. The summed E-state index contributed by atoms with van der Waals surface area (Å²) in [5, 5.41) is 0. The van der Waals surface area contributed by atoms with Gasteiger partial charge in [0.1, 0.15) is 0 Å². The number of aromatic nitrogens is 2. The van der Waals surface area contributed by atoms with Crippen LogP contribution in [-0.2, 0) is 0 Å². The highest BCUT2D eigenvalue weighted by molar-refractivity contribution is 5.99. The van der Waals surface area contributed by atoms with Gasteiger partial charge in [-0.05, 0) is 48.4 Å². The van der Waals surface area contributed by atoms with Crippen molar-refractivity contribution in [2.45, 2.75) is 6.92 Å². The summed E-state index contributed by atoms with van der Waals surface area (Å²) in [5.74, 6) is 0. The molecule has 25 heavy (non-hydrogen) atoms. The zero-order valence-corrected chi connectivity index (χ0v) is 14.1. The van der Waals surface area contributed by atoms with Crippen LogP contribution in [0.25, 0.3) is 22.5 Å². The van der Waals surface area contributed by atoms with Crippen molar-refractivity contribution in [3.05, 3.63) is 97.5 Å². The van der Waals surface area contributed by atoms with Crippen molar-refractivity contribution in [3.8, 4) is 22.5 Å². The van der Waals surface area contributed by atoms with Crippen molar-refractivity contribution in [2.24, 2.45) is 4.99 Å². The lowest BCUT2D eigenvalue weighted by atomic mass is 10.0. The van der Waals surface area contributed by atoms with Gasteiger partial charge >= 0.3 is 0 Å². The number of pyridine rings is 2. The van der Waals surface area contributed by atoms with Gasteiger partial charge in [0.25, 0.3) is 0 Å². The van der Waals surface area contributed by atoms with E-state index in [-0.39, 0.29) is 0 Å². The average molecular weight is 325 g/mol. The summed E-state index contributed by atoms with van der Waals surface area (Å²) < 4.78 is 0. The lowest BCUT2D eigenvalue weighted by Gasteiger charge is -2.09. The third-order valence-corrected chi connectivity index (χ3v) is 3.72. The quantitative estimate of drug-likeness (QED) is 0.470. The molecule has 2 heterocycles. The molecule has 0 aliphatic carbocycles. The largest absolute Gasteiger partial charge is 0.259 e. The molecule has 0 radical (unpaired) electrons. The van der Waals surface area contributed by atoms with E-state index in [0.29, 0.717) is 0 Å². The zero-order valence-electron chi connectivity index (χ0n) is 14.1. The molecule has 0 unspecified atom stereocenters. The third kappa shape index (κ3) is 4.15. The molecule has 0 N–H and O–H groups in total. The van der Waals surface area contributed by atoms with Crippen LogP contribution in [0.3, 0.4) is 0 Å². The minimum absolute atomic E-state index is 0.829. The second kappa shape index (κ2) is 7.97. The minimum atomic E-state index is 0.829. The molecule has 1 aromatic carbocycles. The van der Waals surface area contributed by atoms with E-state index in [1.807, 2.05) is 43.3 Å². The number of benzene rings is 1. The van der Waals surface area contributed by atoms with Gasteiger partial charge in [0, 0.05) is 12.4 Å². The molecule has 122 valence electrons. The Morgan fingerprint density at radius 1 is 0.960 bits per heavy atom. The van der Waals surface area contributed by atoms with Gasteiger partial charge in [0.05, 0.1) is 22.8 Å². The summed E-state index contributed by atoms with van der Waals surface area (Å²) in [6.45, 7) is 5.61. The first-order chi connectivity index (χ1) is 12.3. The summed E-state index contributed by atoms with van der Waals surface area (Å²) in [6.07, 6.45) is 6.99. The fourth-order valence-electron chi connectivity index (χ4n) is 2.44. The Bertz CT molecular complexity index is 853. The maximum absolute atomic E-state index is 4.75. The van der Waals surface area contributed by atoms with Crippen molar-refractivity contribution in [1.29, 1.82) is 0 Å². The first-order valence-electron chi connectivity index (χ1n) is 8.09. The number of allylic oxidation sites excluding steroid dienone is 2. The number of hydrogen-bond donors (Lipinski definition) is 0. The van der Waals surface area contributed by atoms with Crippen LogP contribution in [0.15, 0.2) is 96.8 Å². The van der Waals surface area contributed by atoms with Gasteiger partial charge in [-0.25, -0.2) is 4.98 Å². The minimum Gasteiger partial charge on any atom is -0.259 e. The van der Waals surface area contributed by atoms with Crippen LogP contribution in [0.5, 0.6) is 0 Å². The first-order valence-corrected chi connectivity index (χ1v) is 8.09. The van der Waals surface area contributed by atoms with Crippen molar-refractivity contribution >= 4 is 5.71 Å².